The monoisotopic (exact) mass is 509 g/mol. The van der Waals surface area contributed by atoms with Crippen LogP contribution in [0.15, 0.2) is 58.0 Å². The van der Waals surface area contributed by atoms with Gasteiger partial charge in [-0.2, -0.15) is 0 Å². The van der Waals surface area contributed by atoms with Gasteiger partial charge in [0.15, 0.2) is 13.2 Å². The van der Waals surface area contributed by atoms with Crippen LogP contribution in [0.3, 0.4) is 0 Å². The number of sulfonamides is 1. The average Bonchev–Trinajstić information content (AvgIpc) is 2.75. The molecule has 1 aromatic rings. The molecule has 188 valence electrons. The zero-order valence-electron chi connectivity index (χ0n) is 21.0. The Bertz CT molecular complexity index is 1110. The van der Waals surface area contributed by atoms with Gasteiger partial charge in [-0.05, 0) is 49.2 Å². The molecule has 0 radical (unpaired) electrons. The first-order valence-corrected chi connectivity index (χ1v) is 15.4. The Hall–Kier alpha value is -2.18. The van der Waals surface area contributed by atoms with Gasteiger partial charge in [0.05, 0.1) is 36.4 Å². The Balaban J connectivity index is 2.41. The van der Waals surface area contributed by atoms with Crippen molar-refractivity contribution in [3.63, 3.8) is 0 Å². The fraction of sp³-hybridized carbons (Fsp3) is 0.522. The first-order chi connectivity index (χ1) is 15.6. The number of nitro groups is 1. The minimum Gasteiger partial charge on any atom is -0.411 e. The molecular formula is C23H35N3O6SSi. The summed E-state index contributed by atoms with van der Waals surface area (Å²) in [6.07, 6.45) is 1.42. The molecule has 1 unspecified atom stereocenters. The maximum Gasteiger partial charge on any atom is 0.289 e. The highest BCUT2D eigenvalue weighted by Crippen LogP contribution is 2.37. The highest BCUT2D eigenvalue weighted by molar-refractivity contribution is 7.89. The third kappa shape index (κ3) is 5.89. The van der Waals surface area contributed by atoms with E-state index in [0.29, 0.717) is 6.61 Å². The van der Waals surface area contributed by atoms with E-state index in [4.69, 9.17) is 9.26 Å². The van der Waals surface area contributed by atoms with E-state index in [9.17, 15) is 18.5 Å². The Kier molecular flexibility index (Phi) is 8.76. The summed E-state index contributed by atoms with van der Waals surface area (Å²) in [5.74, 6) is 0. The van der Waals surface area contributed by atoms with Crippen LogP contribution in [0.4, 0.5) is 5.69 Å². The fourth-order valence-electron chi connectivity index (χ4n) is 3.15. The number of nitrogens with zero attached hydrogens (tertiary/aromatic N) is 3. The summed E-state index contributed by atoms with van der Waals surface area (Å²) in [4.78, 5) is 20.5. The van der Waals surface area contributed by atoms with Gasteiger partial charge >= 0.3 is 0 Å². The topological polar surface area (TPSA) is 111 Å². The lowest BCUT2D eigenvalue weighted by molar-refractivity contribution is -0.387. The van der Waals surface area contributed by atoms with Crippen molar-refractivity contribution in [2.45, 2.75) is 63.7 Å². The van der Waals surface area contributed by atoms with Gasteiger partial charge in [0.2, 0.25) is 0 Å². The van der Waals surface area contributed by atoms with Gasteiger partial charge in [0.25, 0.3) is 15.7 Å². The van der Waals surface area contributed by atoms with Gasteiger partial charge < -0.3 is 4.43 Å². The van der Waals surface area contributed by atoms with Crippen molar-refractivity contribution >= 4 is 29.7 Å². The second kappa shape index (κ2) is 10.6. The summed E-state index contributed by atoms with van der Waals surface area (Å²) in [7, 11) is -6.38. The van der Waals surface area contributed by atoms with E-state index in [1.165, 1.54) is 24.3 Å². The maximum absolute atomic E-state index is 13.5. The average molecular weight is 510 g/mol. The van der Waals surface area contributed by atoms with Crippen LogP contribution in [0.2, 0.25) is 18.1 Å². The van der Waals surface area contributed by atoms with Crippen LogP contribution in [-0.4, -0.2) is 57.6 Å². The molecule has 0 fully saturated rings. The van der Waals surface area contributed by atoms with E-state index >= 15 is 0 Å². The van der Waals surface area contributed by atoms with E-state index in [2.05, 4.69) is 45.4 Å². The van der Waals surface area contributed by atoms with Gasteiger partial charge in [0.1, 0.15) is 0 Å². The van der Waals surface area contributed by atoms with Crippen molar-refractivity contribution in [2.24, 2.45) is 4.99 Å². The SMILES string of the molecule is C=CCON(C1CN=C(CO[Si](C)(C)C(C)(C)C)C(C)=C1C)S(=O)(=O)c1ccccc1[N+](=O)[O-]. The summed E-state index contributed by atoms with van der Waals surface area (Å²) < 4.78 is 34.2. The van der Waals surface area contributed by atoms with Gasteiger partial charge in [-0.15, -0.1) is 6.58 Å². The van der Waals surface area contributed by atoms with Crippen molar-refractivity contribution in [3.05, 3.63) is 58.2 Å². The summed E-state index contributed by atoms with van der Waals surface area (Å²) in [5, 5.41) is 11.5. The molecule has 1 aliphatic heterocycles. The largest absolute Gasteiger partial charge is 0.411 e. The van der Waals surface area contributed by atoms with Crippen molar-refractivity contribution in [1.29, 1.82) is 0 Å². The highest BCUT2D eigenvalue weighted by Gasteiger charge is 2.41. The Morgan fingerprint density at radius 2 is 1.91 bits per heavy atom. The number of rotatable bonds is 10. The third-order valence-electron chi connectivity index (χ3n) is 6.51. The molecule has 0 N–H and O–H groups in total. The van der Waals surface area contributed by atoms with Crippen LogP contribution in [0, 0.1) is 10.1 Å². The zero-order chi connectivity index (χ0) is 25.9. The number of hydrogen-bond donors (Lipinski definition) is 0. The van der Waals surface area contributed by atoms with Crippen LogP contribution in [-0.2, 0) is 19.3 Å². The molecule has 1 aromatic carbocycles. The summed E-state index contributed by atoms with van der Waals surface area (Å²) >= 11 is 0. The quantitative estimate of drug-likeness (QED) is 0.192. The van der Waals surface area contributed by atoms with Crippen molar-refractivity contribution in [1.82, 2.24) is 4.47 Å². The maximum atomic E-state index is 13.5. The smallest absolute Gasteiger partial charge is 0.289 e. The zero-order valence-corrected chi connectivity index (χ0v) is 22.8. The molecule has 34 heavy (non-hydrogen) atoms. The molecule has 1 heterocycles. The second-order valence-electron chi connectivity index (χ2n) is 9.73. The number of hydrogen-bond acceptors (Lipinski definition) is 7. The minimum atomic E-state index is -4.38. The van der Waals surface area contributed by atoms with E-state index in [0.717, 1.165) is 27.4 Å². The van der Waals surface area contributed by atoms with E-state index in [1.807, 2.05) is 13.8 Å². The lowest BCUT2D eigenvalue weighted by Crippen LogP contribution is -2.46. The molecular weight excluding hydrogens is 474 g/mol. The van der Waals surface area contributed by atoms with Crippen LogP contribution in [0.25, 0.3) is 0 Å². The van der Waals surface area contributed by atoms with Gasteiger partial charge in [-0.25, -0.2) is 8.42 Å². The number of dihydropyridines is 1. The predicted octanol–water partition coefficient (Wildman–Crippen LogP) is 4.88. The molecule has 11 heteroatoms. The molecule has 0 saturated carbocycles. The molecule has 0 spiro atoms. The second-order valence-corrected chi connectivity index (χ2v) is 16.3. The number of hydroxylamine groups is 1. The lowest BCUT2D eigenvalue weighted by atomic mass is 9.97. The number of para-hydroxylation sites is 1. The standard InChI is InChI=1S/C23H35N3O6SSi/c1-9-14-31-26(33(29,30)22-13-11-10-12-20(22)25(27)28)21-15-24-19(17(2)18(21)3)16-32-34(7,8)23(4,5)6/h9-13,21H,1,14-16H2,2-8H3. The predicted molar refractivity (Wildman–Crippen MR) is 136 cm³/mol. The summed E-state index contributed by atoms with van der Waals surface area (Å²) in [6.45, 7) is 18.4. The number of aliphatic imine (C=N–C) groups is 1. The Morgan fingerprint density at radius 3 is 2.47 bits per heavy atom. The summed E-state index contributed by atoms with van der Waals surface area (Å²) in [5.41, 5.74) is 1.82. The first-order valence-electron chi connectivity index (χ1n) is 11.0. The number of benzene rings is 1. The molecule has 1 atom stereocenters. The van der Waals surface area contributed by atoms with Crippen LogP contribution in [0.5, 0.6) is 0 Å². The van der Waals surface area contributed by atoms with Gasteiger partial charge in [-0.1, -0.05) is 43.4 Å². The van der Waals surface area contributed by atoms with Gasteiger partial charge in [-0.3, -0.25) is 19.9 Å². The van der Waals surface area contributed by atoms with Crippen molar-refractivity contribution < 1.29 is 22.6 Å². The Morgan fingerprint density at radius 1 is 1.29 bits per heavy atom. The normalized spacial score (nSPS) is 17.6. The molecule has 2 rings (SSSR count). The number of nitro benzene ring substituents is 1. The molecule has 0 bridgehead atoms. The lowest BCUT2D eigenvalue weighted by Gasteiger charge is -2.37. The van der Waals surface area contributed by atoms with Gasteiger partial charge in [0, 0.05) is 6.07 Å². The highest BCUT2D eigenvalue weighted by atomic mass is 32.2. The molecule has 1 aliphatic rings. The Labute approximate surface area is 203 Å². The molecule has 0 aromatic heterocycles. The third-order valence-corrected chi connectivity index (χ3v) is 12.7. The molecule has 0 amide bonds. The molecule has 9 nitrogen and oxygen atoms in total. The van der Waals surface area contributed by atoms with Crippen LogP contribution >= 0.6 is 0 Å². The van der Waals surface area contributed by atoms with Crippen molar-refractivity contribution in [2.75, 3.05) is 19.8 Å². The molecule has 0 aliphatic carbocycles. The van der Waals surface area contributed by atoms with Crippen LogP contribution < -0.4 is 0 Å². The van der Waals surface area contributed by atoms with E-state index < -0.39 is 39.9 Å². The van der Waals surface area contributed by atoms with Crippen LogP contribution in [0.1, 0.15) is 34.6 Å². The van der Waals surface area contributed by atoms with E-state index in [1.54, 1.807) is 0 Å². The first kappa shape index (κ1) is 28.1. The minimum absolute atomic E-state index is 0.0469. The molecule has 0 saturated heterocycles. The summed E-state index contributed by atoms with van der Waals surface area (Å²) in [6, 6.07) is 4.45. The van der Waals surface area contributed by atoms with E-state index in [-0.39, 0.29) is 18.2 Å². The fourth-order valence-corrected chi connectivity index (χ4v) is 5.69. The van der Waals surface area contributed by atoms with Crippen molar-refractivity contribution in [3.8, 4) is 0 Å².